The van der Waals surface area contributed by atoms with Gasteiger partial charge in [0, 0.05) is 36.0 Å². The molecule has 1 aromatic carbocycles. The monoisotopic (exact) mass is 506 g/mol. The predicted molar refractivity (Wildman–Crippen MR) is 136 cm³/mol. The lowest BCUT2D eigenvalue weighted by molar-refractivity contribution is -0.122. The first-order valence-electron chi connectivity index (χ1n) is 11.8. The number of rotatable bonds is 8. The van der Waals surface area contributed by atoms with Crippen molar-refractivity contribution in [3.05, 3.63) is 46.9 Å². The van der Waals surface area contributed by atoms with Gasteiger partial charge in [-0.2, -0.15) is 4.98 Å². The zero-order chi connectivity index (χ0) is 25.2. The van der Waals surface area contributed by atoms with E-state index < -0.39 is 5.97 Å². The number of nitrogens with one attached hydrogen (secondary N) is 2. The SMILES string of the molecule is CCCOC(=O)c1sc(NC(=O)C2CC(Nc3nccc4ccc(-c5noc(C)n5)cc34)C2)nc1C. The van der Waals surface area contributed by atoms with Crippen molar-refractivity contribution in [3.63, 3.8) is 0 Å². The molecule has 0 bridgehead atoms. The minimum Gasteiger partial charge on any atom is -0.461 e. The van der Waals surface area contributed by atoms with E-state index in [4.69, 9.17) is 9.26 Å². The first-order chi connectivity index (χ1) is 17.4. The van der Waals surface area contributed by atoms with E-state index in [2.05, 4.69) is 30.7 Å². The highest BCUT2D eigenvalue weighted by Gasteiger charge is 2.35. The van der Waals surface area contributed by atoms with Crippen LogP contribution in [-0.4, -0.2) is 44.6 Å². The normalized spacial score (nSPS) is 17.0. The van der Waals surface area contributed by atoms with Gasteiger partial charge in [0.2, 0.25) is 17.6 Å². The molecule has 1 aliphatic carbocycles. The van der Waals surface area contributed by atoms with Crippen LogP contribution in [0.5, 0.6) is 0 Å². The van der Waals surface area contributed by atoms with E-state index >= 15 is 0 Å². The Hall–Kier alpha value is -3.86. The molecular formula is C25H26N6O4S. The summed E-state index contributed by atoms with van der Waals surface area (Å²) in [5, 5.41) is 12.7. The highest BCUT2D eigenvalue weighted by molar-refractivity contribution is 7.17. The summed E-state index contributed by atoms with van der Waals surface area (Å²) in [6.07, 6.45) is 3.85. The Labute approximate surface area is 211 Å². The lowest BCUT2D eigenvalue weighted by Gasteiger charge is -2.35. The van der Waals surface area contributed by atoms with E-state index in [1.807, 2.05) is 31.2 Å². The predicted octanol–water partition coefficient (Wildman–Crippen LogP) is 4.75. The van der Waals surface area contributed by atoms with Crippen LogP contribution in [0.4, 0.5) is 10.9 Å². The van der Waals surface area contributed by atoms with Crippen molar-refractivity contribution in [2.75, 3.05) is 17.2 Å². The molecule has 3 aromatic heterocycles. The number of ether oxygens (including phenoxy) is 1. The summed E-state index contributed by atoms with van der Waals surface area (Å²) in [5.41, 5.74) is 1.40. The van der Waals surface area contributed by atoms with Gasteiger partial charge in [-0.1, -0.05) is 35.5 Å². The Balaban J connectivity index is 1.21. The third-order valence-corrected chi connectivity index (χ3v) is 7.10. The standard InChI is InChI=1S/C25H26N6O4S/c1-4-9-34-24(33)20-13(2)27-25(36-20)30-23(32)17-10-18(11-17)29-22-19-12-16(21-28-14(3)35-31-21)6-5-15(19)7-8-26-22/h5-8,12,17-18H,4,9-11H2,1-3H3,(H,26,29)(H,27,30,32). The smallest absolute Gasteiger partial charge is 0.350 e. The molecule has 11 heteroatoms. The number of aryl methyl sites for hydroxylation is 2. The summed E-state index contributed by atoms with van der Waals surface area (Å²) in [7, 11) is 0. The fourth-order valence-electron chi connectivity index (χ4n) is 4.09. The minimum atomic E-state index is -0.402. The molecule has 0 atom stereocenters. The second-order valence-corrected chi connectivity index (χ2v) is 9.80. The topological polar surface area (TPSA) is 132 Å². The van der Waals surface area contributed by atoms with Crippen LogP contribution in [0.3, 0.4) is 0 Å². The minimum absolute atomic E-state index is 0.101. The molecule has 10 nitrogen and oxygen atoms in total. The Morgan fingerprint density at radius 2 is 2.03 bits per heavy atom. The average Bonchev–Trinajstić information content (AvgIpc) is 3.44. The number of thiazole rings is 1. The van der Waals surface area contributed by atoms with Gasteiger partial charge in [-0.25, -0.2) is 14.8 Å². The number of fused-ring (bicyclic) bond motifs is 1. The molecule has 0 spiro atoms. The van der Waals surface area contributed by atoms with Crippen molar-refractivity contribution < 1.29 is 18.8 Å². The summed E-state index contributed by atoms with van der Waals surface area (Å²) in [6, 6.07) is 8.02. The number of carbonyl (C=O) groups is 2. The van der Waals surface area contributed by atoms with Crippen molar-refractivity contribution in [1.82, 2.24) is 20.1 Å². The number of benzene rings is 1. The number of hydrogen-bond acceptors (Lipinski definition) is 10. The van der Waals surface area contributed by atoms with Crippen molar-refractivity contribution >= 4 is 44.9 Å². The summed E-state index contributed by atoms with van der Waals surface area (Å²) < 4.78 is 10.3. The largest absolute Gasteiger partial charge is 0.461 e. The molecule has 186 valence electrons. The molecule has 0 saturated heterocycles. The van der Waals surface area contributed by atoms with Gasteiger partial charge in [0.05, 0.1) is 12.3 Å². The van der Waals surface area contributed by atoms with Gasteiger partial charge in [0.25, 0.3) is 0 Å². The van der Waals surface area contributed by atoms with Gasteiger partial charge in [-0.05, 0) is 43.7 Å². The first-order valence-corrected chi connectivity index (χ1v) is 12.6. The summed E-state index contributed by atoms with van der Waals surface area (Å²) in [5.74, 6) is 1.15. The van der Waals surface area contributed by atoms with Crippen molar-refractivity contribution in [1.29, 1.82) is 0 Å². The van der Waals surface area contributed by atoms with Crippen LogP contribution >= 0.6 is 11.3 Å². The lowest BCUT2D eigenvalue weighted by atomic mass is 9.79. The van der Waals surface area contributed by atoms with Gasteiger partial charge in [-0.3, -0.25) is 4.79 Å². The molecule has 0 unspecified atom stereocenters. The molecule has 0 aliphatic heterocycles. The average molecular weight is 507 g/mol. The van der Waals surface area contributed by atoms with Crippen LogP contribution in [0.25, 0.3) is 22.2 Å². The van der Waals surface area contributed by atoms with E-state index in [1.54, 1.807) is 20.0 Å². The van der Waals surface area contributed by atoms with E-state index in [9.17, 15) is 9.59 Å². The van der Waals surface area contributed by atoms with Gasteiger partial charge in [0.1, 0.15) is 10.7 Å². The van der Waals surface area contributed by atoms with Gasteiger partial charge < -0.3 is 19.9 Å². The Morgan fingerprint density at radius 3 is 2.78 bits per heavy atom. The molecule has 1 fully saturated rings. The number of pyridine rings is 1. The number of hydrogen-bond donors (Lipinski definition) is 2. The second kappa shape index (κ2) is 10.0. The lowest BCUT2D eigenvalue weighted by Crippen LogP contribution is -2.42. The zero-order valence-corrected chi connectivity index (χ0v) is 21.0. The Kier molecular flexibility index (Phi) is 6.64. The molecule has 3 heterocycles. The van der Waals surface area contributed by atoms with Crippen LogP contribution in [-0.2, 0) is 9.53 Å². The van der Waals surface area contributed by atoms with Gasteiger partial charge in [0.15, 0.2) is 5.13 Å². The molecule has 1 aliphatic rings. The van der Waals surface area contributed by atoms with Gasteiger partial charge >= 0.3 is 5.97 Å². The van der Waals surface area contributed by atoms with Crippen molar-refractivity contribution in [3.8, 4) is 11.4 Å². The summed E-state index contributed by atoms with van der Waals surface area (Å²) in [6.45, 7) is 5.79. The molecule has 1 amide bonds. The Morgan fingerprint density at radius 1 is 1.19 bits per heavy atom. The highest BCUT2D eigenvalue weighted by atomic mass is 32.1. The molecule has 1 saturated carbocycles. The van der Waals surface area contributed by atoms with Crippen molar-refractivity contribution in [2.24, 2.45) is 5.92 Å². The fourth-order valence-corrected chi connectivity index (χ4v) is 4.95. The molecule has 0 radical (unpaired) electrons. The van der Waals surface area contributed by atoms with E-state index in [0.717, 1.165) is 39.9 Å². The maximum Gasteiger partial charge on any atom is 0.350 e. The fraction of sp³-hybridized carbons (Fsp3) is 0.360. The van der Waals surface area contributed by atoms with Crippen LogP contribution < -0.4 is 10.6 Å². The number of esters is 1. The molecular weight excluding hydrogens is 480 g/mol. The highest BCUT2D eigenvalue weighted by Crippen LogP contribution is 2.34. The van der Waals surface area contributed by atoms with E-state index in [1.165, 1.54) is 0 Å². The molecule has 36 heavy (non-hydrogen) atoms. The number of aromatic nitrogens is 4. The summed E-state index contributed by atoms with van der Waals surface area (Å²) in [4.78, 5) is 38.5. The number of amides is 1. The zero-order valence-electron chi connectivity index (χ0n) is 20.2. The van der Waals surface area contributed by atoms with E-state index in [0.29, 0.717) is 46.9 Å². The third kappa shape index (κ3) is 4.92. The quantitative estimate of drug-likeness (QED) is 0.325. The number of nitrogens with zero attached hydrogens (tertiary/aromatic N) is 4. The van der Waals surface area contributed by atoms with Gasteiger partial charge in [-0.15, -0.1) is 0 Å². The number of carbonyl (C=O) groups excluding carboxylic acids is 2. The maximum absolute atomic E-state index is 12.7. The summed E-state index contributed by atoms with van der Waals surface area (Å²) >= 11 is 1.14. The number of anilines is 2. The van der Waals surface area contributed by atoms with Crippen LogP contribution in [0.2, 0.25) is 0 Å². The first kappa shape index (κ1) is 23.9. The maximum atomic E-state index is 12.7. The third-order valence-electron chi connectivity index (χ3n) is 6.05. The van der Waals surface area contributed by atoms with Crippen LogP contribution in [0.15, 0.2) is 35.0 Å². The molecule has 4 aromatic rings. The second-order valence-electron chi connectivity index (χ2n) is 8.80. The van der Waals surface area contributed by atoms with Crippen LogP contribution in [0.1, 0.15) is 47.4 Å². The molecule has 2 N–H and O–H groups in total. The van der Waals surface area contributed by atoms with Crippen LogP contribution in [0, 0.1) is 19.8 Å². The molecule has 5 rings (SSSR count). The van der Waals surface area contributed by atoms with Crippen molar-refractivity contribution in [2.45, 2.75) is 46.1 Å². The van der Waals surface area contributed by atoms with E-state index in [-0.39, 0.29) is 17.9 Å². The Bertz CT molecular complexity index is 1430.